The van der Waals surface area contributed by atoms with Crippen molar-refractivity contribution in [3.05, 3.63) is 40.3 Å². The third-order valence-electron chi connectivity index (χ3n) is 4.43. The average Bonchev–Trinajstić information content (AvgIpc) is 2.82. The van der Waals surface area contributed by atoms with Crippen molar-refractivity contribution in [2.45, 2.75) is 46.1 Å². The number of carbonyl (C=O) groups excluding carboxylic acids is 2. The first-order chi connectivity index (χ1) is 11.8. The van der Waals surface area contributed by atoms with E-state index in [-0.39, 0.29) is 16.1 Å². The molecule has 1 aromatic rings. The zero-order valence-electron chi connectivity index (χ0n) is 14.8. The largest absolute Gasteiger partial charge is 0.548 e. The van der Waals surface area contributed by atoms with Gasteiger partial charge in [0.05, 0.1) is 16.9 Å². The minimum absolute atomic E-state index is 0.239. The number of amides is 1. The molecule has 1 saturated heterocycles. The van der Waals surface area contributed by atoms with Gasteiger partial charge in [0.2, 0.25) is 0 Å². The third kappa shape index (κ3) is 4.30. The minimum Gasteiger partial charge on any atom is -0.548 e. The normalized spacial score (nSPS) is 18.9. The molecule has 0 spiro atoms. The topological polar surface area (TPSA) is 60.4 Å². The Balaban J connectivity index is 2.29. The van der Waals surface area contributed by atoms with E-state index in [4.69, 9.17) is 12.2 Å². The van der Waals surface area contributed by atoms with E-state index >= 15 is 0 Å². The Morgan fingerprint density at radius 1 is 1.28 bits per heavy atom. The number of thioether (sulfide) groups is 1. The van der Waals surface area contributed by atoms with Gasteiger partial charge in [0.25, 0.3) is 5.91 Å². The van der Waals surface area contributed by atoms with Crippen molar-refractivity contribution in [3.63, 3.8) is 0 Å². The monoisotopic (exact) mass is 376 g/mol. The van der Waals surface area contributed by atoms with Crippen molar-refractivity contribution in [3.8, 4) is 0 Å². The van der Waals surface area contributed by atoms with Gasteiger partial charge in [-0.1, -0.05) is 82.4 Å². The predicted molar refractivity (Wildman–Crippen MR) is 104 cm³/mol. The molecule has 1 amide bonds. The van der Waals surface area contributed by atoms with Crippen LogP contribution in [0.5, 0.6) is 0 Å². The van der Waals surface area contributed by atoms with Crippen LogP contribution in [0, 0.1) is 5.92 Å². The van der Waals surface area contributed by atoms with Crippen LogP contribution < -0.4 is 5.11 Å². The quantitative estimate of drug-likeness (QED) is 0.564. The standard InChI is InChI=1S/C19H23NO3S2/c1-5-12(4)16(18(22)23)20-17(21)15(25-19(20)24)10-13-6-8-14(9-7-13)11(2)3/h6-12,16H,5H2,1-4H3,(H,22,23)/p-1/b15-10-/t12-,16-/m0/s1. The van der Waals surface area contributed by atoms with E-state index < -0.39 is 12.0 Å². The van der Waals surface area contributed by atoms with Crippen molar-refractivity contribution in [2.24, 2.45) is 5.92 Å². The molecule has 0 N–H and O–H groups in total. The Bertz CT molecular complexity index is 710. The number of carboxylic acid groups (broad SMARTS) is 1. The predicted octanol–water partition coefficient (Wildman–Crippen LogP) is 3.18. The molecule has 4 nitrogen and oxygen atoms in total. The van der Waals surface area contributed by atoms with Gasteiger partial charge < -0.3 is 9.90 Å². The average molecular weight is 377 g/mol. The first-order valence-corrected chi connectivity index (χ1v) is 9.56. The molecule has 0 aliphatic carbocycles. The minimum atomic E-state index is -1.27. The molecule has 25 heavy (non-hydrogen) atoms. The molecule has 1 aromatic carbocycles. The van der Waals surface area contributed by atoms with E-state index in [2.05, 4.69) is 13.8 Å². The lowest BCUT2D eigenvalue weighted by atomic mass is 9.98. The van der Waals surface area contributed by atoms with Crippen LogP contribution in [0.4, 0.5) is 0 Å². The number of nitrogens with zero attached hydrogens (tertiary/aromatic N) is 1. The van der Waals surface area contributed by atoms with Gasteiger partial charge in [-0.3, -0.25) is 9.69 Å². The SMILES string of the molecule is CC[C@H](C)[C@@H](C(=O)[O-])N1C(=O)/C(=C/c2ccc(C(C)C)cc2)SC1=S. The van der Waals surface area contributed by atoms with Gasteiger partial charge in [-0.2, -0.15) is 0 Å². The number of carbonyl (C=O) groups is 2. The molecule has 0 bridgehead atoms. The smallest absolute Gasteiger partial charge is 0.266 e. The number of rotatable bonds is 6. The maximum Gasteiger partial charge on any atom is 0.266 e. The molecule has 6 heteroatoms. The fourth-order valence-corrected chi connectivity index (χ4v) is 3.99. The van der Waals surface area contributed by atoms with E-state index in [1.807, 2.05) is 31.2 Å². The van der Waals surface area contributed by atoms with Crippen LogP contribution in [0.1, 0.15) is 51.2 Å². The highest BCUT2D eigenvalue weighted by Gasteiger charge is 2.39. The fraction of sp³-hybridized carbons (Fsp3) is 0.421. The summed E-state index contributed by atoms with van der Waals surface area (Å²) in [6.45, 7) is 7.90. The van der Waals surface area contributed by atoms with Gasteiger partial charge in [0.1, 0.15) is 4.32 Å². The molecule has 0 aromatic heterocycles. The van der Waals surface area contributed by atoms with Gasteiger partial charge >= 0.3 is 0 Å². The van der Waals surface area contributed by atoms with Crippen molar-refractivity contribution >= 4 is 46.3 Å². The molecule has 2 atom stereocenters. The van der Waals surface area contributed by atoms with Crippen molar-refractivity contribution in [1.29, 1.82) is 0 Å². The molecule has 0 unspecified atom stereocenters. The molecule has 1 fully saturated rings. The zero-order valence-corrected chi connectivity index (χ0v) is 16.4. The maximum atomic E-state index is 12.7. The van der Waals surface area contributed by atoms with E-state index in [1.165, 1.54) is 10.5 Å². The van der Waals surface area contributed by atoms with E-state index in [1.54, 1.807) is 13.0 Å². The van der Waals surface area contributed by atoms with Crippen LogP contribution in [-0.2, 0) is 9.59 Å². The fourth-order valence-electron chi connectivity index (χ4n) is 2.66. The number of benzene rings is 1. The lowest BCUT2D eigenvalue weighted by Crippen LogP contribution is -2.53. The van der Waals surface area contributed by atoms with Gasteiger partial charge in [-0.15, -0.1) is 0 Å². The second kappa shape index (κ2) is 8.15. The third-order valence-corrected chi connectivity index (χ3v) is 5.76. The van der Waals surface area contributed by atoms with Crippen molar-refractivity contribution in [2.75, 3.05) is 0 Å². The molecule has 1 heterocycles. The van der Waals surface area contributed by atoms with Gasteiger partial charge in [0, 0.05) is 0 Å². The van der Waals surface area contributed by atoms with E-state index in [0.717, 1.165) is 17.3 Å². The number of thiocarbonyl (C=S) groups is 1. The van der Waals surface area contributed by atoms with Gasteiger partial charge in [-0.05, 0) is 29.0 Å². The maximum absolute atomic E-state index is 12.7. The van der Waals surface area contributed by atoms with E-state index in [0.29, 0.717) is 17.2 Å². The van der Waals surface area contributed by atoms with Crippen LogP contribution in [0.15, 0.2) is 29.2 Å². The molecular formula is C19H22NO3S2-. The first-order valence-electron chi connectivity index (χ1n) is 8.34. The highest BCUT2D eigenvalue weighted by Crippen LogP contribution is 2.35. The summed E-state index contributed by atoms with van der Waals surface area (Å²) in [5.41, 5.74) is 2.11. The molecule has 1 aliphatic heterocycles. The summed E-state index contributed by atoms with van der Waals surface area (Å²) in [7, 11) is 0. The van der Waals surface area contributed by atoms with Crippen LogP contribution in [0.2, 0.25) is 0 Å². The Hall–Kier alpha value is -1.66. The summed E-state index contributed by atoms with van der Waals surface area (Å²) in [6.07, 6.45) is 2.37. The lowest BCUT2D eigenvalue weighted by Gasteiger charge is -2.32. The van der Waals surface area contributed by atoms with Gasteiger partial charge in [-0.25, -0.2) is 0 Å². The second-order valence-electron chi connectivity index (χ2n) is 6.52. The molecule has 0 saturated carbocycles. The molecule has 2 rings (SSSR count). The molecular weight excluding hydrogens is 354 g/mol. The Kier molecular flexibility index (Phi) is 6.41. The summed E-state index contributed by atoms with van der Waals surface area (Å²) >= 11 is 6.40. The first kappa shape index (κ1) is 19.7. The van der Waals surface area contributed by atoms with Gasteiger partial charge in [0.15, 0.2) is 0 Å². The lowest BCUT2D eigenvalue weighted by molar-refractivity contribution is -0.311. The van der Waals surface area contributed by atoms with E-state index in [9.17, 15) is 14.7 Å². The number of hydrogen-bond donors (Lipinski definition) is 0. The number of hydrogen-bond acceptors (Lipinski definition) is 5. The summed E-state index contributed by atoms with van der Waals surface area (Å²) < 4.78 is 0.268. The van der Waals surface area contributed by atoms with Crippen LogP contribution in [0.3, 0.4) is 0 Å². The van der Waals surface area contributed by atoms with Crippen molar-refractivity contribution in [1.82, 2.24) is 4.90 Å². The Morgan fingerprint density at radius 2 is 1.88 bits per heavy atom. The van der Waals surface area contributed by atoms with Crippen LogP contribution in [-0.4, -0.2) is 27.1 Å². The second-order valence-corrected chi connectivity index (χ2v) is 8.20. The number of carboxylic acids is 1. The molecule has 134 valence electrons. The molecule has 0 radical (unpaired) electrons. The zero-order chi connectivity index (χ0) is 18.7. The summed E-state index contributed by atoms with van der Waals surface area (Å²) in [4.78, 5) is 25.9. The van der Waals surface area contributed by atoms with Crippen LogP contribution >= 0.6 is 24.0 Å². The number of aliphatic carboxylic acids is 1. The van der Waals surface area contributed by atoms with Crippen molar-refractivity contribution < 1.29 is 14.7 Å². The molecule has 1 aliphatic rings. The highest BCUT2D eigenvalue weighted by atomic mass is 32.2. The summed E-state index contributed by atoms with van der Waals surface area (Å²) in [6, 6.07) is 6.92. The van der Waals surface area contributed by atoms with Crippen LogP contribution in [0.25, 0.3) is 6.08 Å². The summed E-state index contributed by atoms with van der Waals surface area (Å²) in [5, 5.41) is 11.6. The highest BCUT2D eigenvalue weighted by molar-refractivity contribution is 8.26. The Morgan fingerprint density at radius 3 is 2.36 bits per heavy atom. The summed E-state index contributed by atoms with van der Waals surface area (Å²) in [5.74, 6) is -1.44. The Labute approximate surface area is 158 Å².